The van der Waals surface area contributed by atoms with E-state index in [2.05, 4.69) is 45.6 Å². The number of likely N-dealkylation sites (N-methyl/N-ethyl adjacent to an activating group) is 1. The predicted octanol–water partition coefficient (Wildman–Crippen LogP) is 1.24. The highest BCUT2D eigenvalue weighted by molar-refractivity contribution is 7.09. The first-order valence-corrected chi connectivity index (χ1v) is 6.46. The molecule has 0 amide bonds. The number of hydrogen-bond donors (Lipinski definition) is 1. The van der Waals surface area contributed by atoms with Gasteiger partial charge in [-0.1, -0.05) is 13.8 Å². The van der Waals surface area contributed by atoms with Crippen LogP contribution in [0.15, 0.2) is 0 Å². The molecule has 5 nitrogen and oxygen atoms in total. The van der Waals surface area contributed by atoms with Crippen molar-refractivity contribution in [2.75, 3.05) is 38.7 Å². The van der Waals surface area contributed by atoms with Crippen molar-refractivity contribution >= 4 is 16.7 Å². The molecule has 1 fully saturated rings. The van der Waals surface area contributed by atoms with Crippen molar-refractivity contribution in [3.8, 4) is 0 Å². The molecule has 1 aromatic rings. The van der Waals surface area contributed by atoms with Gasteiger partial charge in [0, 0.05) is 43.6 Å². The van der Waals surface area contributed by atoms with Gasteiger partial charge in [-0.05, 0) is 7.05 Å². The normalized spacial score (nSPS) is 19.2. The molecule has 1 aromatic heterocycles. The van der Waals surface area contributed by atoms with Crippen LogP contribution in [0.3, 0.4) is 0 Å². The number of hydrogen-bond acceptors (Lipinski definition) is 6. The molecular weight excluding hydrogens is 222 g/mol. The average molecular weight is 241 g/mol. The summed E-state index contributed by atoms with van der Waals surface area (Å²) in [5.74, 6) is 1.33. The van der Waals surface area contributed by atoms with Crippen molar-refractivity contribution in [1.29, 1.82) is 0 Å². The van der Waals surface area contributed by atoms with Gasteiger partial charge in [-0.15, -0.1) is 0 Å². The second-order valence-electron chi connectivity index (χ2n) is 4.51. The van der Waals surface area contributed by atoms with Crippen LogP contribution in [-0.2, 0) is 0 Å². The van der Waals surface area contributed by atoms with Crippen LogP contribution in [0.5, 0.6) is 0 Å². The molecule has 90 valence electrons. The van der Waals surface area contributed by atoms with E-state index in [4.69, 9.17) is 0 Å². The number of hydrazine groups is 1. The van der Waals surface area contributed by atoms with Crippen molar-refractivity contribution in [3.63, 3.8) is 0 Å². The van der Waals surface area contributed by atoms with Gasteiger partial charge in [0.15, 0.2) is 0 Å². The van der Waals surface area contributed by atoms with Gasteiger partial charge in [-0.3, -0.25) is 5.43 Å². The minimum Gasteiger partial charge on any atom is -0.304 e. The van der Waals surface area contributed by atoms with E-state index in [9.17, 15) is 0 Å². The molecule has 0 atom stereocenters. The molecule has 0 saturated carbocycles. The fourth-order valence-corrected chi connectivity index (χ4v) is 2.30. The molecule has 0 spiro atoms. The molecule has 1 N–H and O–H groups in total. The first-order chi connectivity index (χ1) is 7.65. The van der Waals surface area contributed by atoms with Crippen LogP contribution in [-0.4, -0.2) is 52.5 Å². The molecule has 0 aromatic carbocycles. The van der Waals surface area contributed by atoms with Crippen LogP contribution in [0.4, 0.5) is 5.13 Å². The van der Waals surface area contributed by atoms with Crippen molar-refractivity contribution in [2.45, 2.75) is 19.8 Å². The summed E-state index contributed by atoms with van der Waals surface area (Å²) in [7, 11) is 2.15. The Labute approximate surface area is 101 Å². The fourth-order valence-electron chi connectivity index (χ4n) is 1.57. The minimum absolute atomic E-state index is 0.402. The van der Waals surface area contributed by atoms with Crippen molar-refractivity contribution in [1.82, 2.24) is 19.3 Å². The Morgan fingerprint density at radius 1 is 1.25 bits per heavy atom. The summed E-state index contributed by atoms with van der Waals surface area (Å²) in [4.78, 5) is 6.80. The van der Waals surface area contributed by atoms with Crippen molar-refractivity contribution in [3.05, 3.63) is 5.82 Å². The van der Waals surface area contributed by atoms with Crippen LogP contribution >= 0.6 is 11.5 Å². The van der Waals surface area contributed by atoms with E-state index in [0.29, 0.717) is 5.92 Å². The molecule has 1 aliphatic heterocycles. The highest BCUT2D eigenvalue weighted by Crippen LogP contribution is 2.18. The Morgan fingerprint density at radius 2 is 1.94 bits per heavy atom. The molecule has 1 aliphatic rings. The Bertz CT molecular complexity index is 330. The quantitative estimate of drug-likeness (QED) is 0.862. The smallest absolute Gasteiger partial charge is 0.217 e. The third-order valence-corrected chi connectivity index (χ3v) is 3.35. The average Bonchev–Trinajstić information content (AvgIpc) is 2.70. The monoisotopic (exact) mass is 241 g/mol. The summed E-state index contributed by atoms with van der Waals surface area (Å²) >= 11 is 1.44. The lowest BCUT2D eigenvalue weighted by Crippen LogP contribution is -2.46. The number of anilines is 1. The predicted molar refractivity (Wildman–Crippen MR) is 66.7 cm³/mol. The van der Waals surface area contributed by atoms with Crippen LogP contribution in [0, 0.1) is 0 Å². The molecular formula is C10H19N5S. The van der Waals surface area contributed by atoms with Gasteiger partial charge >= 0.3 is 0 Å². The second kappa shape index (κ2) is 5.07. The number of aromatic nitrogens is 2. The molecule has 0 unspecified atom stereocenters. The largest absolute Gasteiger partial charge is 0.304 e. The van der Waals surface area contributed by atoms with E-state index in [1.165, 1.54) is 11.5 Å². The van der Waals surface area contributed by atoms with Gasteiger partial charge in [-0.2, -0.15) is 4.37 Å². The number of rotatable bonds is 3. The molecule has 1 saturated heterocycles. The summed E-state index contributed by atoms with van der Waals surface area (Å²) in [6, 6.07) is 0. The standard InChI is InChI=1S/C10H19N5S/c1-8(2)9-11-10(16-13-9)12-15-6-4-14(3)5-7-15/h8H,4-7H2,1-3H3,(H,11,12,13). The van der Waals surface area contributed by atoms with E-state index in [-0.39, 0.29) is 0 Å². The van der Waals surface area contributed by atoms with E-state index in [0.717, 1.165) is 37.1 Å². The zero-order valence-corrected chi connectivity index (χ0v) is 10.9. The fraction of sp³-hybridized carbons (Fsp3) is 0.800. The summed E-state index contributed by atoms with van der Waals surface area (Å²) in [5.41, 5.74) is 3.33. The highest BCUT2D eigenvalue weighted by atomic mass is 32.1. The summed E-state index contributed by atoms with van der Waals surface area (Å²) in [5, 5.41) is 3.12. The maximum Gasteiger partial charge on any atom is 0.217 e. The summed E-state index contributed by atoms with van der Waals surface area (Å²) < 4.78 is 4.33. The zero-order chi connectivity index (χ0) is 11.5. The van der Waals surface area contributed by atoms with E-state index < -0.39 is 0 Å². The van der Waals surface area contributed by atoms with Gasteiger partial charge in [0.25, 0.3) is 0 Å². The van der Waals surface area contributed by atoms with Gasteiger partial charge in [0.05, 0.1) is 0 Å². The summed E-state index contributed by atoms with van der Waals surface area (Å²) in [6.07, 6.45) is 0. The van der Waals surface area contributed by atoms with E-state index in [1.807, 2.05) is 0 Å². The van der Waals surface area contributed by atoms with Crippen LogP contribution in [0.25, 0.3) is 0 Å². The number of nitrogens with zero attached hydrogens (tertiary/aromatic N) is 4. The van der Waals surface area contributed by atoms with Crippen molar-refractivity contribution in [2.24, 2.45) is 0 Å². The molecule has 0 radical (unpaired) electrons. The van der Waals surface area contributed by atoms with Crippen molar-refractivity contribution < 1.29 is 0 Å². The van der Waals surface area contributed by atoms with E-state index in [1.54, 1.807) is 0 Å². The SMILES string of the molecule is CC(C)c1nsc(NN2CCN(C)CC2)n1. The third kappa shape index (κ3) is 2.90. The Morgan fingerprint density at radius 3 is 2.50 bits per heavy atom. The number of nitrogens with one attached hydrogen (secondary N) is 1. The zero-order valence-electron chi connectivity index (χ0n) is 10.1. The van der Waals surface area contributed by atoms with E-state index >= 15 is 0 Å². The topological polar surface area (TPSA) is 44.3 Å². The molecule has 0 bridgehead atoms. The van der Waals surface area contributed by atoms with Gasteiger partial charge in [-0.25, -0.2) is 9.99 Å². The lowest BCUT2D eigenvalue weighted by atomic mass is 10.2. The molecule has 2 heterocycles. The number of piperazine rings is 1. The van der Waals surface area contributed by atoms with Gasteiger partial charge in [0.2, 0.25) is 5.13 Å². The second-order valence-corrected chi connectivity index (χ2v) is 5.27. The first-order valence-electron chi connectivity index (χ1n) is 5.69. The first kappa shape index (κ1) is 11.8. The lowest BCUT2D eigenvalue weighted by Gasteiger charge is -2.32. The van der Waals surface area contributed by atoms with Crippen LogP contribution < -0.4 is 5.43 Å². The van der Waals surface area contributed by atoms with Gasteiger partial charge in [0.1, 0.15) is 5.82 Å². The Balaban J connectivity index is 1.88. The Kier molecular flexibility index (Phi) is 3.73. The molecule has 0 aliphatic carbocycles. The minimum atomic E-state index is 0.402. The molecule has 6 heteroatoms. The van der Waals surface area contributed by atoms with Crippen LogP contribution in [0.2, 0.25) is 0 Å². The van der Waals surface area contributed by atoms with Gasteiger partial charge < -0.3 is 4.90 Å². The van der Waals surface area contributed by atoms with Crippen LogP contribution in [0.1, 0.15) is 25.6 Å². The maximum atomic E-state index is 4.46. The molecule has 16 heavy (non-hydrogen) atoms. The Hall–Kier alpha value is -0.720. The lowest BCUT2D eigenvalue weighted by molar-refractivity contribution is 0.179. The highest BCUT2D eigenvalue weighted by Gasteiger charge is 2.15. The molecule has 2 rings (SSSR count). The third-order valence-electron chi connectivity index (χ3n) is 2.72. The summed E-state index contributed by atoms with van der Waals surface area (Å²) in [6.45, 7) is 8.50. The maximum absolute atomic E-state index is 4.46.